The van der Waals surface area contributed by atoms with Gasteiger partial charge in [0, 0.05) is 27.3 Å². The topological polar surface area (TPSA) is 35.2 Å². The second-order valence-corrected chi connectivity index (χ2v) is 6.30. The first-order valence-electron chi connectivity index (χ1n) is 5.16. The second kappa shape index (κ2) is 6.14. The molecule has 1 heterocycles. The summed E-state index contributed by atoms with van der Waals surface area (Å²) >= 11 is 8.26. The molecule has 0 spiro atoms. The third-order valence-corrected chi connectivity index (χ3v) is 4.72. The molecule has 1 aromatic heterocycles. The van der Waals surface area contributed by atoms with Crippen LogP contribution in [0.1, 0.15) is 11.0 Å². The Morgan fingerprint density at radius 1 is 1.33 bits per heavy atom. The van der Waals surface area contributed by atoms with E-state index in [9.17, 15) is 4.39 Å². The average Bonchev–Trinajstić information content (AvgIpc) is 2.77. The molecule has 0 saturated carbocycles. The van der Waals surface area contributed by atoms with Gasteiger partial charge in [0.05, 0.1) is 4.47 Å². The van der Waals surface area contributed by atoms with E-state index in [1.54, 1.807) is 17.4 Å². The van der Waals surface area contributed by atoms with E-state index in [0.717, 1.165) is 9.35 Å². The van der Waals surface area contributed by atoms with Gasteiger partial charge in [0.2, 0.25) is 0 Å². The molecule has 18 heavy (non-hydrogen) atoms. The summed E-state index contributed by atoms with van der Waals surface area (Å²) in [6, 6.07) is 6.28. The SMILES string of the molecule is NCC(Oc1cc(F)ccc1Br)c1cc(Br)cs1. The molecule has 1 atom stereocenters. The van der Waals surface area contributed by atoms with Crippen LogP contribution in [0.15, 0.2) is 38.6 Å². The van der Waals surface area contributed by atoms with Crippen molar-refractivity contribution in [2.45, 2.75) is 6.10 Å². The number of hydrogen-bond donors (Lipinski definition) is 1. The molecule has 0 bridgehead atoms. The minimum atomic E-state index is -0.337. The Morgan fingerprint density at radius 3 is 2.72 bits per heavy atom. The zero-order chi connectivity index (χ0) is 13.1. The van der Waals surface area contributed by atoms with Gasteiger partial charge < -0.3 is 10.5 Å². The Morgan fingerprint density at radius 2 is 2.11 bits per heavy atom. The zero-order valence-corrected chi connectivity index (χ0v) is 13.2. The molecule has 0 aliphatic heterocycles. The lowest BCUT2D eigenvalue weighted by Crippen LogP contribution is -2.17. The molecule has 0 radical (unpaired) electrons. The first kappa shape index (κ1) is 14.0. The van der Waals surface area contributed by atoms with Crippen molar-refractivity contribution in [2.75, 3.05) is 6.54 Å². The molecule has 1 unspecified atom stereocenters. The molecule has 2 N–H and O–H groups in total. The van der Waals surface area contributed by atoms with Gasteiger partial charge in [-0.2, -0.15) is 0 Å². The predicted molar refractivity (Wildman–Crippen MR) is 78.5 cm³/mol. The maximum absolute atomic E-state index is 13.2. The summed E-state index contributed by atoms with van der Waals surface area (Å²) in [5.74, 6) is 0.117. The van der Waals surface area contributed by atoms with Crippen LogP contribution in [0.2, 0.25) is 0 Å². The molecule has 2 rings (SSSR count). The number of nitrogens with two attached hydrogens (primary N) is 1. The molecule has 0 amide bonds. The van der Waals surface area contributed by atoms with Crippen LogP contribution in [-0.4, -0.2) is 6.54 Å². The van der Waals surface area contributed by atoms with Crippen LogP contribution < -0.4 is 10.5 Å². The molecule has 0 aliphatic carbocycles. The fourth-order valence-corrected chi connectivity index (χ4v) is 3.27. The summed E-state index contributed by atoms with van der Waals surface area (Å²) in [4.78, 5) is 1.00. The summed E-state index contributed by atoms with van der Waals surface area (Å²) in [6.07, 6.45) is -0.278. The first-order chi connectivity index (χ1) is 8.60. The molecule has 0 saturated heterocycles. The van der Waals surface area contributed by atoms with E-state index in [4.69, 9.17) is 10.5 Å². The summed E-state index contributed by atoms with van der Waals surface area (Å²) < 4.78 is 20.6. The highest BCUT2D eigenvalue weighted by atomic mass is 79.9. The van der Waals surface area contributed by atoms with Crippen LogP contribution in [0.5, 0.6) is 5.75 Å². The molecular formula is C12H10Br2FNOS. The maximum atomic E-state index is 13.2. The monoisotopic (exact) mass is 393 g/mol. The molecule has 2 aromatic rings. The van der Waals surface area contributed by atoms with Gasteiger partial charge in [0.15, 0.2) is 0 Å². The smallest absolute Gasteiger partial charge is 0.145 e. The molecule has 96 valence electrons. The summed E-state index contributed by atoms with van der Waals surface area (Å²) in [7, 11) is 0. The number of hydrogen-bond acceptors (Lipinski definition) is 3. The molecule has 6 heteroatoms. The summed E-state index contributed by atoms with van der Waals surface area (Å²) in [6.45, 7) is 0.329. The second-order valence-electron chi connectivity index (χ2n) is 3.58. The number of benzene rings is 1. The molecule has 1 aromatic carbocycles. The van der Waals surface area contributed by atoms with E-state index >= 15 is 0 Å². The summed E-state index contributed by atoms with van der Waals surface area (Å²) in [5, 5.41) is 1.96. The van der Waals surface area contributed by atoms with Crippen LogP contribution in [0.4, 0.5) is 4.39 Å². The van der Waals surface area contributed by atoms with Crippen LogP contribution >= 0.6 is 43.2 Å². The van der Waals surface area contributed by atoms with Crippen molar-refractivity contribution in [2.24, 2.45) is 5.73 Å². The Balaban J connectivity index is 2.22. The quantitative estimate of drug-likeness (QED) is 0.828. The van der Waals surface area contributed by atoms with E-state index in [-0.39, 0.29) is 11.9 Å². The molecule has 0 aliphatic rings. The highest BCUT2D eigenvalue weighted by molar-refractivity contribution is 9.10. The average molecular weight is 395 g/mol. The Bertz CT molecular complexity index is 547. The highest BCUT2D eigenvalue weighted by Crippen LogP contribution is 2.32. The van der Waals surface area contributed by atoms with Crippen molar-refractivity contribution in [3.8, 4) is 5.75 Å². The minimum Gasteiger partial charge on any atom is -0.482 e. The van der Waals surface area contributed by atoms with E-state index < -0.39 is 0 Å². The number of thiophene rings is 1. The van der Waals surface area contributed by atoms with E-state index in [1.807, 2.05) is 11.4 Å². The van der Waals surface area contributed by atoms with Gasteiger partial charge in [-0.1, -0.05) is 0 Å². The predicted octanol–water partition coefficient (Wildman–Crippen LogP) is 4.49. The number of ether oxygens (including phenoxy) is 1. The lowest BCUT2D eigenvalue weighted by molar-refractivity contribution is 0.215. The fourth-order valence-electron chi connectivity index (χ4n) is 1.44. The third-order valence-electron chi connectivity index (χ3n) is 2.28. The lowest BCUT2D eigenvalue weighted by Gasteiger charge is -2.17. The van der Waals surface area contributed by atoms with E-state index in [2.05, 4.69) is 31.9 Å². The van der Waals surface area contributed by atoms with Crippen LogP contribution in [0, 0.1) is 5.82 Å². The van der Waals surface area contributed by atoms with Gasteiger partial charge in [-0.15, -0.1) is 11.3 Å². The summed E-state index contributed by atoms with van der Waals surface area (Å²) in [5.41, 5.74) is 5.71. The van der Waals surface area contributed by atoms with Crippen molar-refractivity contribution >= 4 is 43.2 Å². The van der Waals surface area contributed by atoms with Crippen LogP contribution in [0.3, 0.4) is 0 Å². The largest absolute Gasteiger partial charge is 0.482 e. The Labute approximate surface area is 125 Å². The Hall–Kier alpha value is -0.430. The molecular weight excluding hydrogens is 385 g/mol. The maximum Gasteiger partial charge on any atom is 0.145 e. The van der Waals surface area contributed by atoms with Gasteiger partial charge in [0.1, 0.15) is 17.7 Å². The number of rotatable bonds is 4. The van der Waals surface area contributed by atoms with E-state index in [0.29, 0.717) is 16.8 Å². The molecule has 2 nitrogen and oxygen atoms in total. The Kier molecular flexibility index (Phi) is 4.77. The highest BCUT2D eigenvalue weighted by Gasteiger charge is 2.15. The fraction of sp³-hybridized carbons (Fsp3) is 0.167. The normalized spacial score (nSPS) is 12.4. The van der Waals surface area contributed by atoms with Crippen molar-refractivity contribution in [1.29, 1.82) is 0 Å². The van der Waals surface area contributed by atoms with Crippen LogP contribution in [-0.2, 0) is 0 Å². The van der Waals surface area contributed by atoms with Gasteiger partial charge in [-0.25, -0.2) is 4.39 Å². The van der Waals surface area contributed by atoms with Gasteiger partial charge in [0.25, 0.3) is 0 Å². The lowest BCUT2D eigenvalue weighted by atomic mass is 10.3. The minimum absolute atomic E-state index is 0.278. The van der Waals surface area contributed by atoms with Gasteiger partial charge in [-0.3, -0.25) is 0 Å². The van der Waals surface area contributed by atoms with Crippen molar-refractivity contribution in [3.05, 3.63) is 49.3 Å². The number of halogens is 3. The third kappa shape index (κ3) is 3.32. The zero-order valence-electron chi connectivity index (χ0n) is 9.20. The van der Waals surface area contributed by atoms with Crippen LogP contribution in [0.25, 0.3) is 0 Å². The molecule has 0 fully saturated rings. The van der Waals surface area contributed by atoms with Crippen molar-refractivity contribution < 1.29 is 9.13 Å². The van der Waals surface area contributed by atoms with Gasteiger partial charge in [-0.05, 0) is 50.1 Å². The van der Waals surface area contributed by atoms with Crippen molar-refractivity contribution in [3.63, 3.8) is 0 Å². The van der Waals surface area contributed by atoms with Gasteiger partial charge >= 0.3 is 0 Å². The van der Waals surface area contributed by atoms with E-state index in [1.165, 1.54) is 12.1 Å². The standard InChI is InChI=1S/C12H10Br2FNOS/c13-7-3-12(18-6-7)11(5-16)17-10-4-8(15)1-2-9(10)14/h1-4,6,11H,5,16H2. The first-order valence-corrected chi connectivity index (χ1v) is 7.62. The van der Waals surface area contributed by atoms with Crippen molar-refractivity contribution in [1.82, 2.24) is 0 Å².